The zero-order valence-corrected chi connectivity index (χ0v) is 19.8. The van der Waals surface area contributed by atoms with E-state index in [0.29, 0.717) is 0 Å². The van der Waals surface area contributed by atoms with Crippen molar-refractivity contribution in [1.29, 1.82) is 0 Å². The summed E-state index contributed by atoms with van der Waals surface area (Å²) in [5, 5.41) is 15.0. The molecule has 2 rings (SSSR count). The molecule has 0 bridgehead atoms. The Hall–Kier alpha value is -0.463. The van der Waals surface area contributed by atoms with Gasteiger partial charge in [0.1, 0.15) is 0 Å². The van der Waals surface area contributed by atoms with E-state index in [-0.39, 0.29) is 53.0 Å². The van der Waals surface area contributed by atoms with Crippen LogP contribution in [0.2, 0.25) is 0 Å². The quantitative estimate of drug-likeness (QED) is 0.417. The molecule has 2 aromatic heterocycles. The third kappa shape index (κ3) is 8.85. The summed E-state index contributed by atoms with van der Waals surface area (Å²) in [7, 11) is 0. The van der Waals surface area contributed by atoms with Gasteiger partial charge in [0.15, 0.2) is 0 Å². The van der Waals surface area contributed by atoms with E-state index in [9.17, 15) is 0 Å². The molecule has 0 unspecified atom stereocenters. The summed E-state index contributed by atoms with van der Waals surface area (Å²) in [5.74, 6) is 0. The summed E-state index contributed by atoms with van der Waals surface area (Å²) in [5.41, 5.74) is 2.40. The van der Waals surface area contributed by atoms with E-state index in [4.69, 9.17) is 0 Å². The second kappa shape index (κ2) is 10.3. The maximum Gasteiger partial charge on any atom is 0 e. The molecule has 0 radical (unpaired) electrons. The maximum atomic E-state index is 3.97. The van der Waals surface area contributed by atoms with Crippen LogP contribution in [0.4, 0.5) is 0 Å². The van der Waals surface area contributed by atoms with Gasteiger partial charge in [-0.2, -0.15) is 15.8 Å². The Labute approximate surface area is 162 Å². The first-order chi connectivity index (χ1) is 9.21. The van der Waals surface area contributed by atoms with Crippen molar-refractivity contribution < 1.29 is 42.1 Å². The molecule has 0 atom stereocenters. The van der Waals surface area contributed by atoms with Gasteiger partial charge in [0, 0.05) is 42.1 Å². The zero-order valence-electron chi connectivity index (χ0n) is 13.9. The Kier molecular flexibility index (Phi) is 11.2. The first-order valence-corrected chi connectivity index (χ1v) is 6.60. The van der Waals surface area contributed by atoms with Gasteiger partial charge in [-0.05, 0) is 12.4 Å². The molecular formula is C16H22N4W2-2. The van der Waals surface area contributed by atoms with Gasteiger partial charge in [-0.25, -0.2) is 18.2 Å². The molecule has 22 heavy (non-hydrogen) atoms. The second-order valence-electron chi connectivity index (χ2n) is 6.61. The first kappa shape index (κ1) is 23.8. The largest absolute Gasteiger partial charge is 0.268 e. The average Bonchev–Trinajstić information content (AvgIpc) is 2.40. The van der Waals surface area contributed by atoms with E-state index < -0.39 is 0 Å². The predicted octanol–water partition coefficient (Wildman–Crippen LogP) is 3.14. The molecule has 0 saturated carbocycles. The van der Waals surface area contributed by atoms with E-state index in [2.05, 4.69) is 74.2 Å². The SMILES string of the molecule is CC(C)(C)c1c[c-]cnn1.CC(C)(C)c1c[c-]nnc1.[W].[W]. The minimum atomic E-state index is 0. The number of hydrogen-bond donors (Lipinski definition) is 0. The molecule has 2 aromatic rings. The molecule has 0 saturated heterocycles. The van der Waals surface area contributed by atoms with Crippen molar-refractivity contribution in [3.63, 3.8) is 0 Å². The van der Waals surface area contributed by atoms with Gasteiger partial charge in [-0.3, -0.25) is 10.2 Å². The van der Waals surface area contributed by atoms with Crippen molar-refractivity contribution in [2.45, 2.75) is 52.4 Å². The predicted molar refractivity (Wildman–Crippen MR) is 79.1 cm³/mol. The Morgan fingerprint density at radius 3 is 1.77 bits per heavy atom. The molecule has 0 aliphatic carbocycles. The Balaban J connectivity index is 0. The van der Waals surface area contributed by atoms with Crippen molar-refractivity contribution in [2.75, 3.05) is 0 Å². The van der Waals surface area contributed by atoms with Crippen LogP contribution in [0.3, 0.4) is 0 Å². The Morgan fingerprint density at radius 2 is 1.50 bits per heavy atom. The van der Waals surface area contributed by atoms with Crippen LogP contribution in [0, 0.1) is 12.3 Å². The molecular weight excluding hydrogens is 616 g/mol. The molecule has 0 N–H and O–H groups in total. The fraction of sp³-hybridized carbons (Fsp3) is 0.500. The number of hydrogen-bond acceptors (Lipinski definition) is 4. The van der Waals surface area contributed by atoms with Crippen molar-refractivity contribution in [1.82, 2.24) is 20.4 Å². The van der Waals surface area contributed by atoms with Crippen LogP contribution in [0.25, 0.3) is 0 Å². The molecule has 0 amide bonds. The summed E-state index contributed by atoms with van der Waals surface area (Å²) in [6.07, 6.45) is 6.05. The topological polar surface area (TPSA) is 51.6 Å². The van der Waals surface area contributed by atoms with E-state index >= 15 is 0 Å². The van der Waals surface area contributed by atoms with E-state index in [1.54, 1.807) is 12.4 Å². The van der Waals surface area contributed by atoms with Gasteiger partial charge >= 0.3 is 0 Å². The van der Waals surface area contributed by atoms with Crippen LogP contribution in [0.1, 0.15) is 52.8 Å². The molecule has 0 aromatic carbocycles. The third-order valence-corrected chi connectivity index (χ3v) is 2.68. The summed E-state index contributed by atoms with van der Waals surface area (Å²) in [6.45, 7) is 12.7. The fourth-order valence-corrected chi connectivity index (χ4v) is 1.31. The molecule has 120 valence electrons. The normalized spacial score (nSPS) is 10.5. The second-order valence-corrected chi connectivity index (χ2v) is 6.61. The first-order valence-electron chi connectivity index (χ1n) is 6.60. The van der Waals surface area contributed by atoms with Crippen molar-refractivity contribution >= 4 is 0 Å². The molecule has 2 heterocycles. The maximum absolute atomic E-state index is 3.97. The average molecular weight is 638 g/mol. The minimum absolute atomic E-state index is 0. The van der Waals surface area contributed by atoms with E-state index in [0.717, 1.165) is 5.69 Å². The monoisotopic (exact) mass is 638 g/mol. The zero-order chi connectivity index (χ0) is 15.2. The molecule has 0 fully saturated rings. The van der Waals surface area contributed by atoms with E-state index in [1.807, 2.05) is 12.1 Å². The number of aromatic nitrogens is 4. The smallest absolute Gasteiger partial charge is 0 e. The summed E-state index contributed by atoms with van der Waals surface area (Å²) in [4.78, 5) is 0. The van der Waals surface area contributed by atoms with Crippen LogP contribution in [-0.4, -0.2) is 20.4 Å². The van der Waals surface area contributed by atoms with Crippen LogP contribution in [-0.2, 0) is 53.0 Å². The fourth-order valence-electron chi connectivity index (χ4n) is 1.31. The van der Waals surface area contributed by atoms with Gasteiger partial charge in [0.2, 0.25) is 0 Å². The standard InChI is InChI=1S/2C8H11N2.2W/c1-8(2,3)7-4-5-9-10-6-7;1-8(2,3)7-5-4-6-9-10-7;;/h4,6H,1-3H3;5-6H,1-3H3;;/q2*-1;;. The van der Waals surface area contributed by atoms with Crippen molar-refractivity contribution in [3.8, 4) is 0 Å². The van der Waals surface area contributed by atoms with Crippen LogP contribution >= 0.6 is 0 Å². The molecule has 0 aliphatic rings. The number of nitrogens with zero attached hydrogens (tertiary/aromatic N) is 4. The van der Waals surface area contributed by atoms with Crippen LogP contribution < -0.4 is 0 Å². The summed E-state index contributed by atoms with van der Waals surface area (Å²) in [6, 6.07) is 6.63. The van der Waals surface area contributed by atoms with E-state index in [1.165, 1.54) is 5.56 Å². The Bertz CT molecular complexity index is 456. The van der Waals surface area contributed by atoms with Crippen molar-refractivity contribution in [2.24, 2.45) is 0 Å². The van der Waals surface area contributed by atoms with Gasteiger partial charge in [0.05, 0.1) is 0 Å². The minimum Gasteiger partial charge on any atom is -0.268 e. The molecule has 6 heteroatoms. The summed E-state index contributed by atoms with van der Waals surface area (Å²) < 4.78 is 0. The van der Waals surface area contributed by atoms with Gasteiger partial charge < -0.3 is 0 Å². The number of rotatable bonds is 0. The molecule has 4 nitrogen and oxygen atoms in total. The molecule has 0 spiro atoms. The van der Waals surface area contributed by atoms with Gasteiger partial charge in [0.25, 0.3) is 0 Å². The molecule has 0 aliphatic heterocycles. The Morgan fingerprint density at radius 1 is 0.864 bits per heavy atom. The van der Waals surface area contributed by atoms with Gasteiger partial charge in [-0.15, -0.1) is 6.20 Å². The van der Waals surface area contributed by atoms with Crippen LogP contribution in [0.15, 0.2) is 24.5 Å². The van der Waals surface area contributed by atoms with Crippen LogP contribution in [0.5, 0.6) is 0 Å². The summed E-state index contributed by atoms with van der Waals surface area (Å²) >= 11 is 0. The van der Waals surface area contributed by atoms with Crippen molar-refractivity contribution in [3.05, 3.63) is 48.0 Å². The third-order valence-electron chi connectivity index (χ3n) is 2.68. The van der Waals surface area contributed by atoms with Gasteiger partial charge in [-0.1, -0.05) is 58.1 Å².